The molecule has 1 saturated carbocycles. The number of ether oxygens (including phenoxy) is 1. The zero-order chi connectivity index (χ0) is 25.7. The lowest BCUT2D eigenvalue weighted by molar-refractivity contribution is -0.136. The lowest BCUT2D eigenvalue weighted by atomic mass is 9.86. The topological polar surface area (TPSA) is 103 Å². The third-order valence-corrected chi connectivity index (χ3v) is 8.39. The molecular weight excluding hydrogens is 492 g/mol. The number of nitriles is 1. The van der Waals surface area contributed by atoms with E-state index in [0.29, 0.717) is 41.1 Å². The highest BCUT2D eigenvalue weighted by Crippen LogP contribution is 2.38. The summed E-state index contributed by atoms with van der Waals surface area (Å²) in [7, 11) is 0. The largest absolute Gasteiger partial charge is 0.489 e. The average Bonchev–Trinajstić information content (AvgIpc) is 3.43. The SMILES string of the molecule is N#Cc1cc(Cl)ccc1C1CN([C@@H]2CCC[C@H]2Oc2ccc3c(c2)CN([C@@H]2CCC(=O)NC2=O)C3=O)C1. The highest BCUT2D eigenvalue weighted by molar-refractivity contribution is 6.30. The molecule has 8 nitrogen and oxygen atoms in total. The standard InChI is InChI=1S/C28H27ClN4O4/c29-19-4-6-21(16(10-19)12-30)18-13-32(14-18)23-2-1-3-25(23)37-20-5-7-22-17(11-20)15-33(28(22)36)24-8-9-26(34)31-27(24)35/h4-7,10-11,18,23-25H,1-3,8-9,13-15H2,(H,31,34,35)/t23-,24-,25-/m1/s1. The summed E-state index contributed by atoms with van der Waals surface area (Å²) in [5.74, 6) is 0.170. The summed E-state index contributed by atoms with van der Waals surface area (Å²) in [6, 6.07) is 13.1. The Morgan fingerprint density at radius 2 is 1.89 bits per heavy atom. The average molecular weight is 519 g/mol. The van der Waals surface area contributed by atoms with Crippen LogP contribution in [0.25, 0.3) is 0 Å². The Morgan fingerprint density at radius 3 is 2.68 bits per heavy atom. The van der Waals surface area contributed by atoms with Crippen molar-refractivity contribution in [3.8, 4) is 11.8 Å². The van der Waals surface area contributed by atoms with Gasteiger partial charge in [0.2, 0.25) is 11.8 Å². The van der Waals surface area contributed by atoms with E-state index in [1.807, 2.05) is 24.3 Å². The van der Waals surface area contributed by atoms with Gasteiger partial charge in [0, 0.05) is 48.6 Å². The maximum Gasteiger partial charge on any atom is 0.255 e. The molecule has 6 rings (SSSR count). The van der Waals surface area contributed by atoms with Crippen molar-refractivity contribution in [3.63, 3.8) is 0 Å². The number of likely N-dealkylation sites (tertiary alicyclic amines) is 1. The fourth-order valence-corrected chi connectivity index (χ4v) is 6.39. The fourth-order valence-electron chi connectivity index (χ4n) is 6.22. The zero-order valence-corrected chi connectivity index (χ0v) is 21.0. The molecule has 1 N–H and O–H groups in total. The van der Waals surface area contributed by atoms with E-state index in [1.54, 1.807) is 17.0 Å². The predicted molar refractivity (Wildman–Crippen MR) is 135 cm³/mol. The molecule has 3 aliphatic heterocycles. The van der Waals surface area contributed by atoms with E-state index < -0.39 is 11.9 Å². The number of fused-ring (bicyclic) bond motifs is 1. The number of carbonyl (C=O) groups is 3. The van der Waals surface area contributed by atoms with Gasteiger partial charge in [-0.2, -0.15) is 5.26 Å². The molecule has 0 aromatic heterocycles. The van der Waals surface area contributed by atoms with Crippen molar-refractivity contribution < 1.29 is 19.1 Å². The maximum absolute atomic E-state index is 13.0. The van der Waals surface area contributed by atoms with E-state index >= 15 is 0 Å². The first kappa shape index (κ1) is 24.0. The molecule has 1 aliphatic carbocycles. The molecule has 0 unspecified atom stereocenters. The smallest absolute Gasteiger partial charge is 0.255 e. The molecule has 37 heavy (non-hydrogen) atoms. The maximum atomic E-state index is 13.0. The van der Waals surface area contributed by atoms with Gasteiger partial charge in [0.05, 0.1) is 11.6 Å². The van der Waals surface area contributed by atoms with Gasteiger partial charge >= 0.3 is 0 Å². The van der Waals surface area contributed by atoms with Crippen molar-refractivity contribution in [1.29, 1.82) is 5.26 Å². The van der Waals surface area contributed by atoms with E-state index in [9.17, 15) is 19.6 Å². The summed E-state index contributed by atoms with van der Waals surface area (Å²) in [6.07, 6.45) is 3.77. The summed E-state index contributed by atoms with van der Waals surface area (Å²) in [5.41, 5.74) is 3.14. The van der Waals surface area contributed by atoms with Crippen molar-refractivity contribution in [2.75, 3.05) is 13.1 Å². The Morgan fingerprint density at radius 1 is 1.05 bits per heavy atom. The minimum atomic E-state index is -0.622. The lowest BCUT2D eigenvalue weighted by Crippen LogP contribution is -2.54. The molecular formula is C28H27ClN4O4. The van der Waals surface area contributed by atoms with Crippen molar-refractivity contribution in [1.82, 2.24) is 15.1 Å². The predicted octanol–water partition coefficient (Wildman–Crippen LogP) is 3.37. The number of hydrogen-bond donors (Lipinski definition) is 1. The van der Waals surface area contributed by atoms with Crippen molar-refractivity contribution in [3.05, 3.63) is 63.7 Å². The van der Waals surface area contributed by atoms with Crippen LogP contribution >= 0.6 is 11.6 Å². The first-order valence-electron chi connectivity index (χ1n) is 12.8. The minimum Gasteiger partial charge on any atom is -0.489 e. The van der Waals surface area contributed by atoms with E-state index in [2.05, 4.69) is 16.3 Å². The molecule has 3 fully saturated rings. The van der Waals surface area contributed by atoms with Gasteiger partial charge in [-0.1, -0.05) is 17.7 Å². The van der Waals surface area contributed by atoms with Crippen LogP contribution in [0.4, 0.5) is 0 Å². The van der Waals surface area contributed by atoms with Crippen LogP contribution in [-0.4, -0.2) is 58.8 Å². The van der Waals surface area contributed by atoms with E-state index in [-0.39, 0.29) is 24.3 Å². The molecule has 2 saturated heterocycles. The molecule has 3 amide bonds. The molecule has 0 spiro atoms. The summed E-state index contributed by atoms with van der Waals surface area (Å²) < 4.78 is 6.46. The number of halogens is 1. The highest BCUT2D eigenvalue weighted by Gasteiger charge is 2.42. The van der Waals surface area contributed by atoms with Gasteiger partial charge in [-0.25, -0.2) is 0 Å². The van der Waals surface area contributed by atoms with Crippen LogP contribution in [0.5, 0.6) is 5.75 Å². The quantitative estimate of drug-likeness (QED) is 0.609. The normalized spacial score (nSPS) is 26.0. The molecule has 0 bridgehead atoms. The summed E-state index contributed by atoms with van der Waals surface area (Å²) in [4.78, 5) is 40.8. The van der Waals surface area contributed by atoms with Crippen LogP contribution in [0.2, 0.25) is 5.02 Å². The number of carbonyl (C=O) groups excluding carboxylic acids is 3. The molecule has 2 aromatic carbocycles. The molecule has 4 aliphatic rings. The van der Waals surface area contributed by atoms with E-state index in [4.69, 9.17) is 16.3 Å². The second-order valence-electron chi connectivity index (χ2n) is 10.4. The fraction of sp³-hybridized carbons (Fsp3) is 0.429. The number of benzene rings is 2. The third-order valence-electron chi connectivity index (χ3n) is 8.15. The van der Waals surface area contributed by atoms with E-state index in [0.717, 1.165) is 49.2 Å². The van der Waals surface area contributed by atoms with Gasteiger partial charge in [-0.15, -0.1) is 0 Å². The number of amides is 3. The molecule has 9 heteroatoms. The number of piperidine rings is 1. The number of rotatable bonds is 5. The Kier molecular flexibility index (Phi) is 6.13. The first-order chi connectivity index (χ1) is 17.9. The summed E-state index contributed by atoms with van der Waals surface area (Å²) in [6.45, 7) is 2.11. The minimum absolute atomic E-state index is 0.0583. The van der Waals surface area contributed by atoms with Crippen LogP contribution in [0.3, 0.4) is 0 Å². The zero-order valence-electron chi connectivity index (χ0n) is 20.3. The molecule has 2 aromatic rings. The number of nitrogens with zero attached hydrogens (tertiary/aromatic N) is 3. The first-order valence-corrected chi connectivity index (χ1v) is 13.2. The van der Waals surface area contributed by atoms with Crippen molar-refractivity contribution in [2.45, 2.75) is 62.8 Å². The monoisotopic (exact) mass is 518 g/mol. The van der Waals surface area contributed by atoms with Gasteiger partial charge in [0.15, 0.2) is 0 Å². The van der Waals surface area contributed by atoms with Crippen molar-refractivity contribution in [2.24, 2.45) is 0 Å². The Balaban J connectivity index is 1.11. The van der Waals surface area contributed by atoms with Gasteiger partial charge in [-0.3, -0.25) is 24.6 Å². The van der Waals surface area contributed by atoms with Gasteiger partial charge in [0.25, 0.3) is 5.91 Å². The van der Waals surface area contributed by atoms with Crippen LogP contribution in [0.1, 0.15) is 65.1 Å². The van der Waals surface area contributed by atoms with Gasteiger partial charge in [0.1, 0.15) is 17.9 Å². The van der Waals surface area contributed by atoms with Crippen LogP contribution < -0.4 is 10.1 Å². The van der Waals surface area contributed by atoms with Crippen LogP contribution in [-0.2, 0) is 16.1 Å². The number of imide groups is 1. The Hall–Kier alpha value is -3.41. The molecule has 3 heterocycles. The second kappa shape index (κ2) is 9.47. The lowest BCUT2D eigenvalue weighted by Gasteiger charge is -2.45. The van der Waals surface area contributed by atoms with Gasteiger partial charge < -0.3 is 9.64 Å². The van der Waals surface area contributed by atoms with E-state index in [1.165, 1.54) is 0 Å². The third kappa shape index (κ3) is 4.36. The molecule has 0 radical (unpaired) electrons. The summed E-state index contributed by atoms with van der Waals surface area (Å²) in [5, 5.41) is 12.4. The van der Waals surface area contributed by atoms with Crippen LogP contribution in [0.15, 0.2) is 36.4 Å². The molecule has 190 valence electrons. The molecule has 3 atom stereocenters. The summed E-state index contributed by atoms with van der Waals surface area (Å²) >= 11 is 6.06. The van der Waals surface area contributed by atoms with Gasteiger partial charge in [-0.05, 0) is 67.1 Å². The second-order valence-corrected chi connectivity index (χ2v) is 10.8. The Labute approximate surface area is 220 Å². The highest BCUT2D eigenvalue weighted by atomic mass is 35.5. The number of hydrogen-bond acceptors (Lipinski definition) is 6. The van der Waals surface area contributed by atoms with Crippen molar-refractivity contribution >= 4 is 29.3 Å². The Bertz CT molecular complexity index is 1330. The van der Waals surface area contributed by atoms with Crippen LogP contribution in [0, 0.1) is 11.3 Å². The number of nitrogens with one attached hydrogen (secondary N) is 1.